The second kappa shape index (κ2) is 14.7. The molecule has 7 aromatic rings. The van der Waals surface area contributed by atoms with Crippen molar-refractivity contribution in [3.63, 3.8) is 0 Å². The average Bonchev–Trinajstić information content (AvgIpc) is 4.03. The van der Waals surface area contributed by atoms with Gasteiger partial charge in [-0.2, -0.15) is 0 Å². The van der Waals surface area contributed by atoms with Crippen molar-refractivity contribution in [3.8, 4) is 56.9 Å². The van der Waals surface area contributed by atoms with Gasteiger partial charge in [0.15, 0.2) is 0 Å². The first-order valence-corrected chi connectivity index (χ1v) is 17.3. The fraction of sp³-hybridized carbons (Fsp3) is 0. The number of rotatable bonds is 4. The number of nitrogens with one attached hydrogen (secondary N) is 2. The summed E-state index contributed by atoms with van der Waals surface area (Å²) in [6.45, 7) is 0. The Morgan fingerprint density at radius 1 is 0.386 bits per heavy atom. The summed E-state index contributed by atoms with van der Waals surface area (Å²) in [6, 6.07) is 23.8. The monoisotopic (exact) mass is 810 g/mol. The molecule has 0 fully saturated rings. The molecule has 0 spiro atoms. The Kier molecular flexibility index (Phi) is 9.60. The zero-order valence-corrected chi connectivity index (χ0v) is 32.5. The van der Waals surface area contributed by atoms with Crippen LogP contribution in [0.25, 0.3) is 90.9 Å². The minimum atomic E-state index is -0.918. The standard InChI is InChI=1S/C46H24F6N4.Zn/c1-2-24-12-14-25(15-13-24)40-32-16-18-34(53-32)44(41-26(47)6-3-7-27(41)48)36-20-22-38(55-36)46(43-30(51)10-5-11-31(43)52)39-23-21-37(56-39)45(35-19-17-33(40)54-35)42-28(49)8-4-9-29(42)50;/h1,3-23,53,56H;/q;+2. The molecule has 4 aromatic carbocycles. The van der Waals surface area contributed by atoms with E-state index in [-0.39, 0.29) is 80.9 Å². The van der Waals surface area contributed by atoms with Crippen molar-refractivity contribution < 1.29 is 45.8 Å². The Hall–Kier alpha value is -6.76. The van der Waals surface area contributed by atoms with E-state index in [1.165, 1.54) is 42.5 Å². The number of hydrogen-bond donors (Lipinski definition) is 2. The molecule has 57 heavy (non-hydrogen) atoms. The van der Waals surface area contributed by atoms with Gasteiger partial charge in [-0.05, 0) is 103 Å². The third-order valence-corrected chi connectivity index (χ3v) is 9.73. The van der Waals surface area contributed by atoms with Crippen molar-refractivity contribution in [1.29, 1.82) is 0 Å². The average molecular weight is 812 g/mol. The third-order valence-electron chi connectivity index (χ3n) is 9.73. The zero-order valence-electron chi connectivity index (χ0n) is 29.6. The van der Waals surface area contributed by atoms with Gasteiger partial charge in [0.2, 0.25) is 0 Å². The molecule has 0 unspecified atom stereocenters. The minimum Gasteiger partial charge on any atom is -0.354 e. The number of terminal acetylenes is 1. The second-order valence-corrected chi connectivity index (χ2v) is 13.0. The predicted molar refractivity (Wildman–Crippen MR) is 208 cm³/mol. The van der Waals surface area contributed by atoms with Gasteiger partial charge >= 0.3 is 19.5 Å². The van der Waals surface area contributed by atoms with Crippen molar-refractivity contribution in [2.75, 3.05) is 0 Å². The molecule has 0 aliphatic carbocycles. The van der Waals surface area contributed by atoms with E-state index in [0.717, 1.165) is 36.4 Å². The normalized spacial score (nSPS) is 11.7. The topological polar surface area (TPSA) is 57.4 Å². The summed E-state index contributed by atoms with van der Waals surface area (Å²) >= 11 is 0. The van der Waals surface area contributed by atoms with Crippen molar-refractivity contribution in [2.45, 2.75) is 0 Å². The molecule has 0 radical (unpaired) electrons. The number of aromatic nitrogens is 4. The first-order chi connectivity index (χ1) is 27.2. The summed E-state index contributed by atoms with van der Waals surface area (Å²) in [7, 11) is 0. The molecule has 0 atom stereocenters. The maximum absolute atomic E-state index is 15.7. The number of fused-ring (bicyclic) bond motifs is 8. The molecule has 2 aliphatic rings. The van der Waals surface area contributed by atoms with E-state index in [4.69, 9.17) is 16.4 Å². The van der Waals surface area contributed by atoms with Crippen LogP contribution in [0.5, 0.6) is 0 Å². The van der Waals surface area contributed by atoms with Gasteiger partial charge in [0.1, 0.15) is 34.9 Å². The number of benzene rings is 4. The van der Waals surface area contributed by atoms with Crippen LogP contribution >= 0.6 is 0 Å². The Morgan fingerprint density at radius 2 is 0.684 bits per heavy atom. The maximum Gasteiger partial charge on any atom is 2.00 e. The van der Waals surface area contributed by atoms with Gasteiger partial charge in [0.05, 0.1) is 39.5 Å². The third kappa shape index (κ3) is 6.38. The summed E-state index contributed by atoms with van der Waals surface area (Å²) in [5.74, 6) is -2.71. The fourth-order valence-electron chi connectivity index (χ4n) is 7.24. The van der Waals surface area contributed by atoms with Crippen LogP contribution in [0.4, 0.5) is 26.3 Å². The minimum absolute atomic E-state index is 0. The van der Waals surface area contributed by atoms with Gasteiger partial charge in [-0.3, -0.25) is 0 Å². The molecule has 8 bridgehead atoms. The zero-order chi connectivity index (χ0) is 38.7. The van der Waals surface area contributed by atoms with E-state index in [1.807, 2.05) is 0 Å². The predicted octanol–water partition coefficient (Wildman–Crippen LogP) is 12.1. The van der Waals surface area contributed by atoms with E-state index in [2.05, 4.69) is 15.9 Å². The van der Waals surface area contributed by atoms with Crippen molar-refractivity contribution in [3.05, 3.63) is 166 Å². The van der Waals surface area contributed by atoms with Crippen LogP contribution in [-0.2, 0) is 19.5 Å². The van der Waals surface area contributed by atoms with Gasteiger partial charge in [-0.15, -0.1) is 6.42 Å². The number of hydrogen-bond acceptors (Lipinski definition) is 2. The molecule has 0 amide bonds. The van der Waals surface area contributed by atoms with Gasteiger partial charge in [-0.1, -0.05) is 36.3 Å². The Labute approximate surface area is 334 Å². The van der Waals surface area contributed by atoms with Gasteiger partial charge < -0.3 is 9.97 Å². The van der Waals surface area contributed by atoms with Gasteiger partial charge in [0, 0.05) is 49.9 Å². The Balaban J connectivity index is 0.00000455. The summed E-state index contributed by atoms with van der Waals surface area (Å²) in [4.78, 5) is 16.1. The van der Waals surface area contributed by atoms with Crippen molar-refractivity contribution in [1.82, 2.24) is 19.9 Å². The van der Waals surface area contributed by atoms with Crippen LogP contribution in [0.15, 0.2) is 103 Å². The van der Waals surface area contributed by atoms with E-state index in [9.17, 15) is 0 Å². The first kappa shape index (κ1) is 37.2. The molecule has 3 aromatic heterocycles. The van der Waals surface area contributed by atoms with Crippen LogP contribution in [-0.4, -0.2) is 19.9 Å². The molecular formula is C46H24F6N4Zn+2. The molecule has 2 N–H and O–H groups in total. The molecule has 11 heteroatoms. The number of aromatic amines is 2. The smallest absolute Gasteiger partial charge is 0.354 e. The van der Waals surface area contributed by atoms with E-state index >= 15 is 26.3 Å². The maximum atomic E-state index is 15.7. The second-order valence-electron chi connectivity index (χ2n) is 13.0. The number of halogens is 6. The Morgan fingerprint density at radius 3 is 1.00 bits per heavy atom. The van der Waals surface area contributed by atoms with Gasteiger partial charge in [0.25, 0.3) is 0 Å². The fourth-order valence-corrected chi connectivity index (χ4v) is 7.24. The summed E-state index contributed by atoms with van der Waals surface area (Å²) in [5, 5.41) is 0. The number of H-pyrrole nitrogens is 2. The Bertz CT molecular complexity index is 2950. The van der Waals surface area contributed by atoms with E-state index in [1.54, 1.807) is 48.6 Å². The molecule has 2 aliphatic heterocycles. The van der Waals surface area contributed by atoms with E-state index in [0.29, 0.717) is 27.9 Å². The molecule has 0 saturated carbocycles. The summed E-state index contributed by atoms with van der Waals surface area (Å²) in [5.41, 5.74) is 2.31. The number of nitrogens with zero attached hydrogens (tertiary/aromatic N) is 2. The van der Waals surface area contributed by atoms with Crippen LogP contribution < -0.4 is 0 Å². The van der Waals surface area contributed by atoms with Crippen molar-refractivity contribution in [2.24, 2.45) is 0 Å². The first-order valence-electron chi connectivity index (χ1n) is 17.3. The SMILES string of the molecule is C#Cc1ccc(-c2c3nc(c(-c4c(F)cccc4F)c4ccc([nH]4)c(-c4c(F)cccc4F)c4nc(c(-c5c(F)cccc5F)c5ccc2[nH]5)C=C4)C=C3)cc1.[Zn+2]. The molecular weight excluding hydrogens is 788 g/mol. The molecule has 4 nitrogen and oxygen atoms in total. The molecule has 270 valence electrons. The largest absolute Gasteiger partial charge is 2.00 e. The van der Waals surface area contributed by atoms with E-state index < -0.39 is 40.5 Å². The summed E-state index contributed by atoms with van der Waals surface area (Å²) in [6.07, 6.45) is 11.9. The van der Waals surface area contributed by atoms with Crippen molar-refractivity contribution >= 4 is 46.4 Å². The molecule has 9 rings (SSSR count). The van der Waals surface area contributed by atoms with Gasteiger partial charge in [-0.25, -0.2) is 36.3 Å². The molecule has 0 saturated heterocycles. The van der Waals surface area contributed by atoms with Crippen LogP contribution in [0, 0.1) is 47.2 Å². The molecule has 5 heterocycles. The van der Waals surface area contributed by atoms with Crippen LogP contribution in [0.3, 0.4) is 0 Å². The quantitative estimate of drug-likeness (QED) is 0.106. The van der Waals surface area contributed by atoms with Crippen LogP contribution in [0.2, 0.25) is 0 Å². The summed E-state index contributed by atoms with van der Waals surface area (Å²) < 4.78 is 94.4. The van der Waals surface area contributed by atoms with Crippen LogP contribution in [0.1, 0.15) is 28.3 Å².